The number of hydrogen-bond donors (Lipinski definition) is 2. The fourth-order valence-corrected chi connectivity index (χ4v) is 2.69. The van der Waals surface area contributed by atoms with Gasteiger partial charge in [-0.15, -0.1) is 0 Å². The number of hydrogen-bond acceptors (Lipinski definition) is 2. The van der Waals surface area contributed by atoms with E-state index in [-0.39, 0.29) is 5.91 Å². The molecule has 1 amide bonds. The molecular weight excluding hydrogens is 212 g/mol. The van der Waals surface area contributed by atoms with E-state index in [1.54, 1.807) is 0 Å². The molecule has 17 heavy (non-hydrogen) atoms. The van der Waals surface area contributed by atoms with E-state index in [0.717, 1.165) is 18.8 Å². The van der Waals surface area contributed by atoms with Gasteiger partial charge >= 0.3 is 0 Å². The minimum Gasteiger partial charge on any atom is -0.353 e. The molecule has 1 saturated carbocycles. The Hall–Kier alpha value is -0.570. The molecule has 100 valence electrons. The van der Waals surface area contributed by atoms with Crippen molar-refractivity contribution >= 4 is 5.91 Å². The van der Waals surface area contributed by atoms with E-state index in [4.69, 9.17) is 0 Å². The summed E-state index contributed by atoms with van der Waals surface area (Å²) in [5.41, 5.74) is 0. The maximum absolute atomic E-state index is 11.7. The maximum Gasteiger partial charge on any atom is 0.234 e. The summed E-state index contributed by atoms with van der Waals surface area (Å²) in [6.45, 7) is 7.00. The van der Waals surface area contributed by atoms with Crippen molar-refractivity contribution in [2.24, 2.45) is 5.92 Å². The molecule has 2 N–H and O–H groups in total. The minimum absolute atomic E-state index is 0.143. The minimum atomic E-state index is 0.143. The normalized spacial score (nSPS) is 26.5. The van der Waals surface area contributed by atoms with Crippen molar-refractivity contribution in [1.82, 2.24) is 10.6 Å². The molecule has 3 nitrogen and oxygen atoms in total. The number of carbonyl (C=O) groups is 1. The first-order valence-corrected chi connectivity index (χ1v) is 7.14. The lowest BCUT2D eigenvalue weighted by atomic mass is 9.87. The first-order valence-electron chi connectivity index (χ1n) is 7.14. The van der Waals surface area contributed by atoms with E-state index < -0.39 is 0 Å². The van der Waals surface area contributed by atoms with Crippen molar-refractivity contribution < 1.29 is 4.79 Å². The average molecular weight is 240 g/mol. The van der Waals surface area contributed by atoms with Crippen LogP contribution >= 0.6 is 0 Å². The highest BCUT2D eigenvalue weighted by Gasteiger charge is 2.19. The fourth-order valence-electron chi connectivity index (χ4n) is 2.69. The van der Waals surface area contributed by atoms with Gasteiger partial charge in [-0.25, -0.2) is 0 Å². The molecule has 0 aromatic rings. The van der Waals surface area contributed by atoms with Gasteiger partial charge in [-0.05, 0) is 32.1 Å². The molecule has 0 radical (unpaired) electrons. The van der Waals surface area contributed by atoms with E-state index in [0.29, 0.717) is 18.6 Å². The molecule has 0 spiro atoms. The van der Waals surface area contributed by atoms with Crippen LogP contribution in [0.5, 0.6) is 0 Å². The quantitative estimate of drug-likeness (QED) is 0.749. The lowest BCUT2D eigenvalue weighted by molar-refractivity contribution is -0.121. The first-order chi connectivity index (χ1) is 8.11. The van der Waals surface area contributed by atoms with E-state index >= 15 is 0 Å². The Balaban J connectivity index is 2.14. The Morgan fingerprint density at radius 1 is 1.41 bits per heavy atom. The summed E-state index contributed by atoms with van der Waals surface area (Å²) in [6.07, 6.45) is 7.27. The summed E-state index contributed by atoms with van der Waals surface area (Å²) < 4.78 is 0. The topological polar surface area (TPSA) is 41.1 Å². The van der Waals surface area contributed by atoms with Gasteiger partial charge in [0.2, 0.25) is 5.91 Å². The second-order valence-electron chi connectivity index (χ2n) is 5.61. The van der Waals surface area contributed by atoms with Gasteiger partial charge in [0, 0.05) is 12.1 Å². The Bertz CT molecular complexity index is 230. The van der Waals surface area contributed by atoms with Gasteiger partial charge < -0.3 is 10.6 Å². The van der Waals surface area contributed by atoms with Crippen LogP contribution in [0.15, 0.2) is 0 Å². The molecule has 0 aliphatic heterocycles. The Labute approximate surface area is 106 Å². The van der Waals surface area contributed by atoms with Crippen LogP contribution in [0.4, 0.5) is 0 Å². The zero-order valence-corrected chi connectivity index (χ0v) is 11.6. The Morgan fingerprint density at radius 3 is 2.82 bits per heavy atom. The van der Waals surface area contributed by atoms with Gasteiger partial charge in [-0.3, -0.25) is 4.79 Å². The standard InChI is InChI=1S/C14H28N2O/c1-4-6-12(3)16-14(17)10-15-13-8-5-7-11(2)9-13/h11-13,15H,4-10H2,1-3H3,(H,16,17). The Morgan fingerprint density at radius 2 is 2.18 bits per heavy atom. The smallest absolute Gasteiger partial charge is 0.234 e. The van der Waals surface area contributed by atoms with Crippen molar-refractivity contribution in [3.05, 3.63) is 0 Å². The highest BCUT2D eigenvalue weighted by molar-refractivity contribution is 5.78. The molecule has 0 aromatic heterocycles. The van der Waals surface area contributed by atoms with Gasteiger partial charge in [0.15, 0.2) is 0 Å². The SMILES string of the molecule is CCCC(C)NC(=O)CNC1CCCC(C)C1. The van der Waals surface area contributed by atoms with Gasteiger partial charge in [0.25, 0.3) is 0 Å². The maximum atomic E-state index is 11.7. The third kappa shape index (κ3) is 6.06. The molecule has 1 rings (SSSR count). The molecule has 0 bridgehead atoms. The van der Waals surface area contributed by atoms with Crippen LogP contribution < -0.4 is 10.6 Å². The van der Waals surface area contributed by atoms with E-state index in [1.165, 1.54) is 25.7 Å². The molecule has 3 unspecified atom stereocenters. The molecule has 0 heterocycles. The van der Waals surface area contributed by atoms with Crippen LogP contribution in [0.2, 0.25) is 0 Å². The lowest BCUT2D eigenvalue weighted by Gasteiger charge is -2.27. The molecule has 1 aliphatic carbocycles. The van der Waals surface area contributed by atoms with Gasteiger partial charge in [-0.2, -0.15) is 0 Å². The van der Waals surface area contributed by atoms with Crippen molar-refractivity contribution in [1.29, 1.82) is 0 Å². The number of nitrogens with one attached hydrogen (secondary N) is 2. The van der Waals surface area contributed by atoms with Crippen LogP contribution in [0.3, 0.4) is 0 Å². The third-order valence-electron chi connectivity index (χ3n) is 3.62. The molecule has 0 aromatic carbocycles. The van der Waals surface area contributed by atoms with Gasteiger partial charge in [0.05, 0.1) is 6.54 Å². The summed E-state index contributed by atoms with van der Waals surface area (Å²) >= 11 is 0. The monoisotopic (exact) mass is 240 g/mol. The lowest BCUT2D eigenvalue weighted by Crippen LogP contribution is -2.43. The number of rotatable bonds is 6. The Kier molecular flexibility index (Phi) is 6.56. The predicted octanol–water partition coefficient (Wildman–Crippen LogP) is 2.46. The van der Waals surface area contributed by atoms with Crippen molar-refractivity contribution in [3.63, 3.8) is 0 Å². The van der Waals surface area contributed by atoms with Crippen LogP contribution in [0.25, 0.3) is 0 Å². The van der Waals surface area contributed by atoms with Crippen LogP contribution in [0.1, 0.15) is 59.3 Å². The summed E-state index contributed by atoms with van der Waals surface area (Å²) in [5.74, 6) is 0.951. The second kappa shape index (κ2) is 7.70. The molecular formula is C14H28N2O. The molecule has 1 aliphatic rings. The molecule has 1 fully saturated rings. The molecule has 0 saturated heterocycles. The van der Waals surface area contributed by atoms with E-state index in [1.807, 2.05) is 0 Å². The number of amides is 1. The summed E-state index contributed by atoms with van der Waals surface area (Å²) in [6, 6.07) is 0.852. The zero-order chi connectivity index (χ0) is 12.7. The predicted molar refractivity (Wildman–Crippen MR) is 71.9 cm³/mol. The second-order valence-corrected chi connectivity index (χ2v) is 5.61. The third-order valence-corrected chi connectivity index (χ3v) is 3.62. The summed E-state index contributed by atoms with van der Waals surface area (Å²) in [4.78, 5) is 11.7. The average Bonchev–Trinajstić information content (AvgIpc) is 2.27. The van der Waals surface area contributed by atoms with E-state index in [9.17, 15) is 4.79 Å². The summed E-state index contributed by atoms with van der Waals surface area (Å²) in [5, 5.41) is 6.42. The van der Waals surface area contributed by atoms with Gasteiger partial charge in [-0.1, -0.05) is 33.1 Å². The van der Waals surface area contributed by atoms with Crippen molar-refractivity contribution in [3.8, 4) is 0 Å². The highest BCUT2D eigenvalue weighted by atomic mass is 16.1. The largest absolute Gasteiger partial charge is 0.353 e. The van der Waals surface area contributed by atoms with Crippen LogP contribution in [-0.4, -0.2) is 24.5 Å². The van der Waals surface area contributed by atoms with E-state index in [2.05, 4.69) is 31.4 Å². The van der Waals surface area contributed by atoms with Crippen molar-refractivity contribution in [2.45, 2.75) is 71.4 Å². The zero-order valence-electron chi connectivity index (χ0n) is 11.6. The molecule has 3 atom stereocenters. The van der Waals surface area contributed by atoms with Crippen LogP contribution in [-0.2, 0) is 4.79 Å². The molecule has 3 heteroatoms. The first kappa shape index (κ1) is 14.5. The van der Waals surface area contributed by atoms with Crippen LogP contribution in [0, 0.1) is 5.92 Å². The summed E-state index contributed by atoms with van der Waals surface area (Å²) in [7, 11) is 0. The van der Waals surface area contributed by atoms with Gasteiger partial charge in [0.1, 0.15) is 0 Å². The fraction of sp³-hybridized carbons (Fsp3) is 0.929. The van der Waals surface area contributed by atoms with Crippen molar-refractivity contribution in [2.75, 3.05) is 6.54 Å². The number of carbonyl (C=O) groups excluding carboxylic acids is 1. The highest BCUT2D eigenvalue weighted by Crippen LogP contribution is 2.23.